The second-order valence-corrected chi connectivity index (χ2v) is 7.40. The van der Waals surface area contributed by atoms with E-state index in [1.807, 2.05) is 6.07 Å². The summed E-state index contributed by atoms with van der Waals surface area (Å²) in [6.07, 6.45) is 6.27. The van der Waals surface area contributed by atoms with Crippen molar-refractivity contribution in [2.75, 3.05) is 13.2 Å². The van der Waals surface area contributed by atoms with Crippen LogP contribution < -0.4 is 5.32 Å². The second kappa shape index (κ2) is 6.05. The lowest BCUT2D eigenvalue weighted by atomic mass is 9.85. The molecule has 1 amide bonds. The summed E-state index contributed by atoms with van der Waals surface area (Å²) in [4.78, 5) is 12.6. The monoisotopic (exact) mass is 318 g/mol. The van der Waals surface area contributed by atoms with Crippen molar-refractivity contribution in [1.29, 1.82) is 0 Å². The van der Waals surface area contributed by atoms with Gasteiger partial charge in [0.1, 0.15) is 5.69 Å². The molecule has 1 saturated carbocycles. The summed E-state index contributed by atoms with van der Waals surface area (Å²) in [6, 6.07) is 4.18. The topological polar surface area (TPSA) is 43.3 Å². The number of aromatic nitrogens is 1. The van der Waals surface area contributed by atoms with Gasteiger partial charge in [-0.15, -0.1) is 11.3 Å². The molecule has 1 N–H and O–H groups in total. The fraction of sp³-hybridized carbons (Fsp3) is 0.588. The van der Waals surface area contributed by atoms with Crippen LogP contribution in [0.4, 0.5) is 0 Å². The van der Waals surface area contributed by atoms with E-state index in [1.165, 1.54) is 29.5 Å². The predicted octanol–water partition coefficient (Wildman–Crippen LogP) is 3.41. The molecule has 2 fully saturated rings. The van der Waals surface area contributed by atoms with E-state index >= 15 is 0 Å². The van der Waals surface area contributed by atoms with E-state index in [2.05, 4.69) is 21.3 Å². The Morgan fingerprint density at radius 3 is 3.00 bits per heavy atom. The summed E-state index contributed by atoms with van der Waals surface area (Å²) in [7, 11) is 0. The standard InChI is InChI=1S/C17H22N2O2S/c20-17(18-10-13-5-2-7-21-13)15-9-16-14(6-8-22-16)19(15)11-12-3-1-4-12/h6,8-9,12-13H,1-5,7,10-11H2,(H,18,20). The van der Waals surface area contributed by atoms with E-state index in [1.54, 1.807) is 11.3 Å². The highest BCUT2D eigenvalue weighted by atomic mass is 32.1. The van der Waals surface area contributed by atoms with Gasteiger partial charge in [0.25, 0.3) is 5.91 Å². The minimum Gasteiger partial charge on any atom is -0.376 e. The van der Waals surface area contributed by atoms with Crippen LogP contribution in [0.3, 0.4) is 0 Å². The number of carbonyl (C=O) groups is 1. The first kappa shape index (κ1) is 14.3. The molecule has 2 aromatic rings. The Morgan fingerprint density at radius 1 is 1.36 bits per heavy atom. The fourth-order valence-corrected chi connectivity index (χ4v) is 4.22. The molecule has 118 valence electrons. The molecule has 1 aliphatic heterocycles. The maximum Gasteiger partial charge on any atom is 0.268 e. The van der Waals surface area contributed by atoms with Crippen molar-refractivity contribution in [3.05, 3.63) is 23.2 Å². The normalized spacial score (nSPS) is 22.1. The first-order chi connectivity index (χ1) is 10.8. The average molecular weight is 318 g/mol. The van der Waals surface area contributed by atoms with Gasteiger partial charge in [-0.1, -0.05) is 6.42 Å². The van der Waals surface area contributed by atoms with Crippen molar-refractivity contribution in [1.82, 2.24) is 9.88 Å². The molecule has 3 heterocycles. The number of carbonyl (C=O) groups excluding carboxylic acids is 1. The van der Waals surface area contributed by atoms with Crippen LogP contribution in [0.1, 0.15) is 42.6 Å². The second-order valence-electron chi connectivity index (χ2n) is 6.45. The highest BCUT2D eigenvalue weighted by molar-refractivity contribution is 7.17. The van der Waals surface area contributed by atoms with E-state index in [4.69, 9.17) is 4.74 Å². The van der Waals surface area contributed by atoms with Crippen molar-refractivity contribution in [3.63, 3.8) is 0 Å². The Bertz CT molecular complexity index is 665. The number of amides is 1. The Morgan fingerprint density at radius 2 is 2.27 bits per heavy atom. The quantitative estimate of drug-likeness (QED) is 0.918. The summed E-state index contributed by atoms with van der Waals surface area (Å²) in [5.41, 5.74) is 2.02. The number of ether oxygens (including phenoxy) is 1. The van der Waals surface area contributed by atoms with Gasteiger partial charge in [-0.05, 0) is 49.1 Å². The van der Waals surface area contributed by atoms with Crippen LogP contribution in [-0.2, 0) is 11.3 Å². The van der Waals surface area contributed by atoms with Gasteiger partial charge in [-0.25, -0.2) is 0 Å². The summed E-state index contributed by atoms with van der Waals surface area (Å²) in [6.45, 7) is 2.43. The number of nitrogens with zero attached hydrogens (tertiary/aromatic N) is 1. The third-order valence-electron chi connectivity index (χ3n) is 4.94. The molecule has 0 aromatic carbocycles. The molecule has 5 heteroatoms. The first-order valence-electron chi connectivity index (χ1n) is 8.28. The van der Waals surface area contributed by atoms with E-state index in [-0.39, 0.29) is 12.0 Å². The molecule has 1 unspecified atom stereocenters. The van der Waals surface area contributed by atoms with E-state index < -0.39 is 0 Å². The summed E-state index contributed by atoms with van der Waals surface area (Å²) in [5.74, 6) is 0.776. The van der Waals surface area contributed by atoms with E-state index in [9.17, 15) is 4.79 Å². The van der Waals surface area contributed by atoms with Gasteiger partial charge in [0.2, 0.25) is 0 Å². The summed E-state index contributed by atoms with van der Waals surface area (Å²) >= 11 is 1.71. The number of rotatable bonds is 5. The smallest absolute Gasteiger partial charge is 0.268 e. The molecular formula is C17H22N2O2S. The molecule has 1 atom stereocenters. The zero-order valence-electron chi connectivity index (χ0n) is 12.7. The van der Waals surface area contributed by atoms with E-state index in [0.717, 1.165) is 37.6 Å². The Labute approximate surface area is 134 Å². The lowest BCUT2D eigenvalue weighted by Gasteiger charge is -2.27. The van der Waals surface area contributed by atoms with Crippen LogP contribution in [0.15, 0.2) is 17.5 Å². The highest BCUT2D eigenvalue weighted by Gasteiger charge is 2.24. The van der Waals surface area contributed by atoms with Crippen molar-refractivity contribution in [2.24, 2.45) is 5.92 Å². The SMILES string of the molecule is O=C(NCC1CCCO1)c1cc2sccc2n1CC1CCC1. The maximum absolute atomic E-state index is 12.6. The van der Waals surface area contributed by atoms with Gasteiger partial charge in [-0.2, -0.15) is 0 Å². The summed E-state index contributed by atoms with van der Waals surface area (Å²) in [5, 5.41) is 5.17. The number of fused-ring (bicyclic) bond motifs is 1. The number of hydrogen-bond donors (Lipinski definition) is 1. The van der Waals surface area contributed by atoms with Gasteiger partial charge in [-0.3, -0.25) is 4.79 Å². The van der Waals surface area contributed by atoms with Crippen LogP contribution in [0.5, 0.6) is 0 Å². The molecule has 0 radical (unpaired) electrons. The van der Waals surface area contributed by atoms with Gasteiger partial charge in [0.15, 0.2) is 0 Å². The third kappa shape index (κ3) is 2.68. The lowest BCUT2D eigenvalue weighted by molar-refractivity contribution is 0.0848. The third-order valence-corrected chi connectivity index (χ3v) is 5.79. The molecule has 4 nitrogen and oxygen atoms in total. The predicted molar refractivity (Wildman–Crippen MR) is 88.5 cm³/mol. The molecule has 4 rings (SSSR count). The Balaban J connectivity index is 1.52. The van der Waals surface area contributed by atoms with Crippen molar-refractivity contribution < 1.29 is 9.53 Å². The number of thiophene rings is 1. The van der Waals surface area contributed by atoms with E-state index in [0.29, 0.717) is 6.54 Å². The zero-order chi connectivity index (χ0) is 14.9. The average Bonchev–Trinajstić information content (AvgIpc) is 3.17. The molecule has 0 bridgehead atoms. The number of hydrogen-bond acceptors (Lipinski definition) is 3. The fourth-order valence-electron chi connectivity index (χ4n) is 3.40. The number of nitrogens with one attached hydrogen (secondary N) is 1. The molecule has 2 aliphatic rings. The zero-order valence-corrected chi connectivity index (χ0v) is 13.5. The van der Waals surface area contributed by atoms with Crippen LogP contribution in [0.25, 0.3) is 10.2 Å². The van der Waals surface area contributed by atoms with Gasteiger partial charge in [0.05, 0.1) is 16.3 Å². The molecule has 1 saturated heterocycles. The lowest BCUT2D eigenvalue weighted by Crippen LogP contribution is -2.33. The Kier molecular flexibility index (Phi) is 3.92. The molecule has 22 heavy (non-hydrogen) atoms. The molecular weight excluding hydrogens is 296 g/mol. The molecule has 2 aromatic heterocycles. The first-order valence-corrected chi connectivity index (χ1v) is 9.16. The largest absolute Gasteiger partial charge is 0.376 e. The van der Waals surface area contributed by atoms with Crippen LogP contribution >= 0.6 is 11.3 Å². The van der Waals surface area contributed by atoms with Crippen LogP contribution in [0.2, 0.25) is 0 Å². The molecule has 0 spiro atoms. The van der Waals surface area contributed by atoms with Gasteiger partial charge >= 0.3 is 0 Å². The highest BCUT2D eigenvalue weighted by Crippen LogP contribution is 2.32. The minimum atomic E-state index is 0.0400. The van der Waals surface area contributed by atoms with Crippen LogP contribution in [0, 0.1) is 5.92 Å². The van der Waals surface area contributed by atoms with Crippen molar-refractivity contribution >= 4 is 27.5 Å². The Hall–Kier alpha value is -1.33. The van der Waals surface area contributed by atoms with Crippen molar-refractivity contribution in [3.8, 4) is 0 Å². The maximum atomic E-state index is 12.6. The van der Waals surface area contributed by atoms with Gasteiger partial charge < -0.3 is 14.6 Å². The molecule has 1 aliphatic carbocycles. The van der Waals surface area contributed by atoms with Crippen LogP contribution in [-0.4, -0.2) is 29.7 Å². The van der Waals surface area contributed by atoms with Gasteiger partial charge in [0, 0.05) is 19.7 Å². The summed E-state index contributed by atoms with van der Waals surface area (Å²) < 4.78 is 9.02. The minimum absolute atomic E-state index is 0.0400. The van der Waals surface area contributed by atoms with Crippen molar-refractivity contribution in [2.45, 2.75) is 44.8 Å².